The molecule has 0 spiro atoms. The van der Waals surface area contributed by atoms with Crippen LogP contribution < -0.4 is 4.72 Å². The standard InChI is InChI=1S/C11H14BrNO4S2/c1-18-7-6-10(11(14)15)13-19(16,17)9-4-2-8(12)3-5-9/h2-5,10,13H,6-7H2,1H3,(H,14,15)/t10-/m0/s1. The Balaban J connectivity index is 2.87. The van der Waals surface area contributed by atoms with Crippen molar-refractivity contribution >= 4 is 43.7 Å². The molecule has 0 unspecified atom stereocenters. The Morgan fingerprint density at radius 1 is 1.42 bits per heavy atom. The van der Waals surface area contributed by atoms with Crippen LogP contribution in [0.3, 0.4) is 0 Å². The van der Waals surface area contributed by atoms with Crippen molar-refractivity contribution in [3.63, 3.8) is 0 Å². The fraction of sp³-hybridized carbons (Fsp3) is 0.364. The van der Waals surface area contributed by atoms with Crippen molar-refractivity contribution in [1.82, 2.24) is 4.72 Å². The van der Waals surface area contributed by atoms with Gasteiger partial charge in [-0.15, -0.1) is 0 Å². The molecular weight excluding hydrogens is 354 g/mol. The third kappa shape index (κ3) is 5.13. The summed E-state index contributed by atoms with van der Waals surface area (Å²) in [7, 11) is -3.81. The summed E-state index contributed by atoms with van der Waals surface area (Å²) in [5, 5.41) is 9.01. The van der Waals surface area contributed by atoms with Crippen LogP contribution in [0, 0.1) is 0 Å². The van der Waals surface area contributed by atoms with Gasteiger partial charge in [-0.25, -0.2) is 8.42 Å². The molecule has 19 heavy (non-hydrogen) atoms. The zero-order valence-corrected chi connectivity index (χ0v) is 13.4. The van der Waals surface area contributed by atoms with Crippen molar-refractivity contribution in [2.75, 3.05) is 12.0 Å². The zero-order chi connectivity index (χ0) is 14.5. The van der Waals surface area contributed by atoms with Crippen LogP contribution >= 0.6 is 27.7 Å². The summed E-state index contributed by atoms with van der Waals surface area (Å²) in [4.78, 5) is 11.1. The van der Waals surface area contributed by atoms with E-state index >= 15 is 0 Å². The van der Waals surface area contributed by atoms with Crippen LogP contribution in [0.15, 0.2) is 33.6 Å². The largest absolute Gasteiger partial charge is 0.480 e. The van der Waals surface area contributed by atoms with E-state index in [-0.39, 0.29) is 11.3 Å². The van der Waals surface area contributed by atoms with Crippen molar-refractivity contribution in [2.24, 2.45) is 0 Å². The molecule has 0 aromatic heterocycles. The number of nitrogens with one attached hydrogen (secondary N) is 1. The topological polar surface area (TPSA) is 83.5 Å². The SMILES string of the molecule is CSCC[C@H](NS(=O)(=O)c1ccc(Br)cc1)C(=O)O. The van der Waals surface area contributed by atoms with Crippen molar-refractivity contribution in [1.29, 1.82) is 0 Å². The van der Waals surface area contributed by atoms with Gasteiger partial charge in [0.15, 0.2) is 0 Å². The minimum Gasteiger partial charge on any atom is -0.480 e. The van der Waals surface area contributed by atoms with E-state index in [4.69, 9.17) is 5.11 Å². The first kappa shape index (κ1) is 16.5. The molecule has 106 valence electrons. The van der Waals surface area contributed by atoms with Crippen molar-refractivity contribution in [2.45, 2.75) is 17.4 Å². The van der Waals surface area contributed by atoms with E-state index in [2.05, 4.69) is 20.7 Å². The number of hydrogen-bond donors (Lipinski definition) is 2. The lowest BCUT2D eigenvalue weighted by atomic mass is 10.2. The molecule has 2 N–H and O–H groups in total. The van der Waals surface area contributed by atoms with Crippen molar-refractivity contribution in [3.8, 4) is 0 Å². The van der Waals surface area contributed by atoms with Crippen LogP contribution in [0.25, 0.3) is 0 Å². The van der Waals surface area contributed by atoms with Gasteiger partial charge in [0.1, 0.15) is 6.04 Å². The molecule has 0 saturated carbocycles. The Hall–Kier alpha value is -0.570. The monoisotopic (exact) mass is 367 g/mol. The van der Waals surface area contributed by atoms with Gasteiger partial charge in [-0.2, -0.15) is 16.5 Å². The molecular formula is C11H14BrNO4S2. The Labute approximate surface area is 125 Å². The summed E-state index contributed by atoms with van der Waals surface area (Å²) in [6.45, 7) is 0. The molecule has 8 heteroatoms. The van der Waals surface area contributed by atoms with E-state index in [1.54, 1.807) is 12.1 Å². The van der Waals surface area contributed by atoms with Crippen LogP contribution in [0.4, 0.5) is 0 Å². The van der Waals surface area contributed by atoms with E-state index < -0.39 is 22.0 Å². The molecule has 1 aromatic rings. The molecule has 0 heterocycles. The van der Waals surface area contributed by atoms with Crippen LogP contribution in [0.1, 0.15) is 6.42 Å². The van der Waals surface area contributed by atoms with Crippen LogP contribution in [-0.2, 0) is 14.8 Å². The maximum atomic E-state index is 12.0. The highest BCUT2D eigenvalue weighted by Crippen LogP contribution is 2.15. The Bertz CT molecular complexity index is 530. The highest BCUT2D eigenvalue weighted by molar-refractivity contribution is 9.10. The average Bonchev–Trinajstić information content (AvgIpc) is 2.34. The normalized spacial score (nSPS) is 13.2. The first-order valence-electron chi connectivity index (χ1n) is 5.36. The highest BCUT2D eigenvalue weighted by Gasteiger charge is 2.24. The van der Waals surface area contributed by atoms with Gasteiger partial charge in [-0.05, 0) is 42.7 Å². The number of sulfonamides is 1. The minimum absolute atomic E-state index is 0.0473. The summed E-state index contributed by atoms with van der Waals surface area (Å²) >= 11 is 4.68. The summed E-state index contributed by atoms with van der Waals surface area (Å²) in [5.41, 5.74) is 0. The van der Waals surface area contributed by atoms with Gasteiger partial charge in [0.05, 0.1) is 4.90 Å². The van der Waals surface area contributed by atoms with Crippen LogP contribution in [0.2, 0.25) is 0 Å². The maximum Gasteiger partial charge on any atom is 0.321 e. The molecule has 0 fully saturated rings. The quantitative estimate of drug-likeness (QED) is 0.769. The molecule has 5 nitrogen and oxygen atoms in total. The smallest absolute Gasteiger partial charge is 0.321 e. The molecule has 0 aliphatic heterocycles. The van der Waals surface area contributed by atoms with Crippen molar-refractivity contribution < 1.29 is 18.3 Å². The van der Waals surface area contributed by atoms with Gasteiger partial charge in [-0.3, -0.25) is 4.79 Å². The lowest BCUT2D eigenvalue weighted by molar-refractivity contribution is -0.139. The molecule has 1 rings (SSSR count). The summed E-state index contributed by atoms with van der Waals surface area (Å²) < 4.78 is 27.0. The number of halogens is 1. The summed E-state index contributed by atoms with van der Waals surface area (Å²) in [6, 6.07) is 4.90. The van der Waals surface area contributed by atoms with E-state index in [0.29, 0.717) is 5.75 Å². The second-order valence-corrected chi connectivity index (χ2v) is 7.36. The van der Waals surface area contributed by atoms with Gasteiger partial charge in [0, 0.05) is 4.47 Å². The number of benzene rings is 1. The van der Waals surface area contributed by atoms with E-state index in [9.17, 15) is 13.2 Å². The molecule has 1 atom stereocenters. The Morgan fingerprint density at radius 3 is 2.47 bits per heavy atom. The fourth-order valence-corrected chi connectivity index (χ4v) is 3.30. The third-order valence-electron chi connectivity index (χ3n) is 2.33. The van der Waals surface area contributed by atoms with Gasteiger partial charge >= 0.3 is 5.97 Å². The average molecular weight is 368 g/mol. The number of rotatable bonds is 7. The second-order valence-electron chi connectivity index (χ2n) is 3.75. The fourth-order valence-electron chi connectivity index (χ4n) is 1.34. The summed E-state index contributed by atoms with van der Waals surface area (Å²) in [6.07, 6.45) is 2.08. The number of carboxylic acids is 1. The van der Waals surface area contributed by atoms with E-state index in [0.717, 1.165) is 4.47 Å². The Morgan fingerprint density at radius 2 is 2.00 bits per heavy atom. The molecule has 0 amide bonds. The first-order valence-corrected chi connectivity index (χ1v) is 9.03. The molecule has 0 radical (unpaired) electrons. The molecule has 0 aliphatic rings. The predicted molar refractivity (Wildman–Crippen MR) is 78.9 cm³/mol. The van der Waals surface area contributed by atoms with Gasteiger partial charge in [0.2, 0.25) is 10.0 Å². The lowest BCUT2D eigenvalue weighted by Gasteiger charge is -2.14. The predicted octanol–water partition coefficient (Wildman–Crippen LogP) is 1.93. The highest BCUT2D eigenvalue weighted by atomic mass is 79.9. The number of carboxylic acid groups (broad SMARTS) is 1. The Kier molecular flexibility index (Phi) is 6.31. The van der Waals surface area contributed by atoms with Gasteiger partial charge < -0.3 is 5.11 Å². The minimum atomic E-state index is -3.81. The van der Waals surface area contributed by atoms with Crippen LogP contribution in [-0.4, -0.2) is 37.5 Å². The number of hydrogen-bond acceptors (Lipinski definition) is 4. The third-order valence-corrected chi connectivity index (χ3v) is 4.99. The lowest BCUT2D eigenvalue weighted by Crippen LogP contribution is -2.41. The number of carbonyl (C=O) groups is 1. The van der Waals surface area contributed by atoms with Crippen molar-refractivity contribution in [3.05, 3.63) is 28.7 Å². The molecule has 1 aromatic carbocycles. The first-order chi connectivity index (χ1) is 8.86. The number of thioether (sulfide) groups is 1. The van der Waals surface area contributed by atoms with E-state index in [1.807, 2.05) is 6.26 Å². The molecule has 0 saturated heterocycles. The number of aliphatic carboxylic acids is 1. The van der Waals surface area contributed by atoms with Gasteiger partial charge in [-0.1, -0.05) is 15.9 Å². The van der Waals surface area contributed by atoms with Gasteiger partial charge in [0.25, 0.3) is 0 Å². The zero-order valence-electron chi connectivity index (χ0n) is 10.2. The molecule has 0 bridgehead atoms. The van der Waals surface area contributed by atoms with Crippen LogP contribution in [0.5, 0.6) is 0 Å². The molecule has 0 aliphatic carbocycles. The summed E-state index contributed by atoms with van der Waals surface area (Å²) in [5.74, 6) is -0.602. The maximum absolute atomic E-state index is 12.0. The second kappa shape index (κ2) is 7.28. The van der Waals surface area contributed by atoms with E-state index in [1.165, 1.54) is 23.9 Å².